The van der Waals surface area contributed by atoms with Crippen LogP contribution in [0.25, 0.3) is 10.2 Å². The molecule has 0 fully saturated rings. The molecule has 0 saturated heterocycles. The zero-order valence-corrected chi connectivity index (χ0v) is 13.7. The van der Waals surface area contributed by atoms with E-state index >= 15 is 0 Å². The van der Waals surface area contributed by atoms with Crippen molar-refractivity contribution in [1.82, 2.24) is 9.78 Å². The van der Waals surface area contributed by atoms with E-state index in [1.54, 1.807) is 6.07 Å². The largest absolute Gasteiger partial charge is 0.477 e. The number of carbonyl (C=O) groups is 1. The highest BCUT2D eigenvalue weighted by Gasteiger charge is 2.17. The maximum Gasteiger partial charge on any atom is 0.345 e. The number of aromatic carboxylic acids is 1. The SMILES string of the molecule is CCc1nn(Cc2ccccc2Br)c2sc(C(=O)O)cc12. The molecule has 0 amide bonds. The molecule has 0 aliphatic carbocycles. The van der Waals surface area contributed by atoms with Gasteiger partial charge in [0.05, 0.1) is 12.2 Å². The van der Waals surface area contributed by atoms with Crippen molar-refractivity contribution in [2.75, 3.05) is 0 Å². The molecule has 21 heavy (non-hydrogen) atoms. The number of carboxylic acids is 1. The van der Waals surface area contributed by atoms with E-state index in [0.717, 1.165) is 32.4 Å². The van der Waals surface area contributed by atoms with E-state index in [0.29, 0.717) is 11.4 Å². The smallest absolute Gasteiger partial charge is 0.345 e. The Morgan fingerprint density at radius 2 is 2.19 bits per heavy atom. The zero-order chi connectivity index (χ0) is 15.0. The monoisotopic (exact) mass is 364 g/mol. The molecular formula is C15H13BrN2O2S. The van der Waals surface area contributed by atoms with Crippen molar-refractivity contribution in [3.05, 3.63) is 50.9 Å². The molecule has 3 aromatic rings. The molecule has 0 spiro atoms. The molecule has 4 nitrogen and oxygen atoms in total. The Morgan fingerprint density at radius 1 is 1.43 bits per heavy atom. The predicted molar refractivity (Wildman–Crippen MR) is 87.2 cm³/mol. The van der Waals surface area contributed by atoms with Crippen molar-refractivity contribution in [3.8, 4) is 0 Å². The Labute approximate surface area is 134 Å². The third-order valence-electron chi connectivity index (χ3n) is 3.32. The lowest BCUT2D eigenvalue weighted by atomic mass is 10.2. The molecule has 0 aliphatic heterocycles. The molecule has 1 aromatic carbocycles. The number of nitrogens with zero attached hydrogens (tertiary/aromatic N) is 2. The van der Waals surface area contributed by atoms with Crippen LogP contribution in [0.2, 0.25) is 0 Å². The summed E-state index contributed by atoms with van der Waals surface area (Å²) < 4.78 is 2.92. The first-order chi connectivity index (χ1) is 10.1. The van der Waals surface area contributed by atoms with Crippen molar-refractivity contribution in [3.63, 3.8) is 0 Å². The first-order valence-corrected chi connectivity index (χ1v) is 8.17. The maximum atomic E-state index is 11.2. The van der Waals surface area contributed by atoms with Crippen LogP contribution in [-0.2, 0) is 13.0 Å². The topological polar surface area (TPSA) is 55.1 Å². The Morgan fingerprint density at radius 3 is 2.86 bits per heavy atom. The fourth-order valence-electron chi connectivity index (χ4n) is 2.29. The van der Waals surface area contributed by atoms with Gasteiger partial charge in [0.25, 0.3) is 0 Å². The van der Waals surface area contributed by atoms with Gasteiger partial charge in [-0.05, 0) is 24.1 Å². The number of aryl methyl sites for hydroxylation is 1. The van der Waals surface area contributed by atoms with Crippen LogP contribution < -0.4 is 0 Å². The minimum Gasteiger partial charge on any atom is -0.477 e. The summed E-state index contributed by atoms with van der Waals surface area (Å²) in [6.45, 7) is 2.65. The Kier molecular flexibility index (Phi) is 3.82. The summed E-state index contributed by atoms with van der Waals surface area (Å²) in [7, 11) is 0. The van der Waals surface area contributed by atoms with Gasteiger partial charge in [0.15, 0.2) is 0 Å². The van der Waals surface area contributed by atoms with Crippen LogP contribution in [-0.4, -0.2) is 20.9 Å². The number of fused-ring (bicyclic) bond motifs is 1. The minimum atomic E-state index is -0.884. The molecule has 0 aliphatic rings. The highest BCUT2D eigenvalue weighted by Crippen LogP contribution is 2.30. The van der Waals surface area contributed by atoms with Crippen molar-refractivity contribution in [2.45, 2.75) is 19.9 Å². The summed E-state index contributed by atoms with van der Waals surface area (Å²) in [5.74, 6) is -0.884. The van der Waals surface area contributed by atoms with Crippen LogP contribution in [0.15, 0.2) is 34.8 Å². The molecule has 6 heteroatoms. The van der Waals surface area contributed by atoms with Gasteiger partial charge in [0.1, 0.15) is 9.71 Å². The van der Waals surface area contributed by atoms with E-state index in [9.17, 15) is 4.79 Å². The Bertz CT molecular complexity index is 822. The number of thiophene rings is 1. The van der Waals surface area contributed by atoms with Crippen LogP contribution in [0.4, 0.5) is 0 Å². The standard InChI is InChI=1S/C15H13BrN2O2S/c1-2-12-10-7-13(15(19)20)21-14(10)18(17-12)8-9-5-3-4-6-11(9)16/h3-7H,2,8H2,1H3,(H,19,20). The Hall–Kier alpha value is -1.66. The first-order valence-electron chi connectivity index (χ1n) is 6.56. The molecule has 1 N–H and O–H groups in total. The van der Waals surface area contributed by atoms with Gasteiger partial charge in [-0.3, -0.25) is 4.68 Å². The van der Waals surface area contributed by atoms with Crippen LogP contribution in [0.1, 0.15) is 27.9 Å². The summed E-state index contributed by atoms with van der Waals surface area (Å²) in [4.78, 5) is 12.4. The number of halogens is 1. The van der Waals surface area contributed by atoms with Crippen molar-refractivity contribution in [2.24, 2.45) is 0 Å². The second-order valence-electron chi connectivity index (χ2n) is 4.68. The molecule has 0 atom stereocenters. The number of hydrogen-bond acceptors (Lipinski definition) is 3. The quantitative estimate of drug-likeness (QED) is 0.755. The van der Waals surface area contributed by atoms with Gasteiger partial charge in [0.2, 0.25) is 0 Å². The fourth-order valence-corrected chi connectivity index (χ4v) is 3.67. The molecular weight excluding hydrogens is 352 g/mol. The van der Waals surface area contributed by atoms with Crippen LogP contribution >= 0.6 is 27.3 Å². The van der Waals surface area contributed by atoms with Gasteiger partial charge in [-0.2, -0.15) is 5.10 Å². The van der Waals surface area contributed by atoms with Gasteiger partial charge >= 0.3 is 5.97 Å². The van der Waals surface area contributed by atoms with E-state index in [1.165, 1.54) is 11.3 Å². The van der Waals surface area contributed by atoms with Crippen molar-refractivity contribution >= 4 is 43.5 Å². The molecule has 0 bridgehead atoms. The summed E-state index contributed by atoms with van der Waals surface area (Å²) in [5, 5.41) is 14.7. The normalized spacial score (nSPS) is 11.1. The average molecular weight is 365 g/mol. The highest BCUT2D eigenvalue weighted by molar-refractivity contribution is 9.10. The predicted octanol–water partition coefficient (Wildman–Crippen LogP) is 4.17. The second kappa shape index (κ2) is 5.61. The number of rotatable bonds is 4. The molecule has 2 aromatic heterocycles. The van der Waals surface area contributed by atoms with Gasteiger partial charge < -0.3 is 5.11 Å². The molecule has 108 valence electrons. The summed E-state index contributed by atoms with van der Waals surface area (Å²) in [6.07, 6.45) is 0.787. The molecule has 2 heterocycles. The van der Waals surface area contributed by atoms with Crippen LogP contribution in [0.5, 0.6) is 0 Å². The first kappa shape index (κ1) is 14.3. The summed E-state index contributed by atoms with van der Waals surface area (Å²) in [6, 6.07) is 9.71. The fraction of sp³-hybridized carbons (Fsp3) is 0.200. The van der Waals surface area contributed by atoms with Crippen LogP contribution in [0, 0.1) is 0 Å². The van der Waals surface area contributed by atoms with E-state index in [-0.39, 0.29) is 0 Å². The summed E-state index contributed by atoms with van der Waals surface area (Å²) >= 11 is 4.82. The third-order valence-corrected chi connectivity index (χ3v) is 5.23. The Balaban J connectivity index is 2.09. The molecule has 3 rings (SSSR count). The molecule has 0 radical (unpaired) electrons. The van der Waals surface area contributed by atoms with Crippen molar-refractivity contribution in [1.29, 1.82) is 0 Å². The highest BCUT2D eigenvalue weighted by atomic mass is 79.9. The molecule has 0 unspecified atom stereocenters. The number of benzene rings is 1. The lowest BCUT2D eigenvalue weighted by Crippen LogP contribution is -2.02. The lowest BCUT2D eigenvalue weighted by Gasteiger charge is -2.05. The maximum absolute atomic E-state index is 11.2. The average Bonchev–Trinajstić information content (AvgIpc) is 3.01. The van der Waals surface area contributed by atoms with E-state index in [2.05, 4.69) is 21.0 Å². The van der Waals surface area contributed by atoms with Crippen LogP contribution in [0.3, 0.4) is 0 Å². The number of carboxylic acid groups (broad SMARTS) is 1. The van der Waals surface area contributed by atoms with Gasteiger partial charge in [-0.1, -0.05) is 41.1 Å². The lowest BCUT2D eigenvalue weighted by molar-refractivity contribution is 0.0702. The van der Waals surface area contributed by atoms with Crippen molar-refractivity contribution < 1.29 is 9.90 Å². The number of hydrogen-bond donors (Lipinski definition) is 1. The zero-order valence-electron chi connectivity index (χ0n) is 11.3. The van der Waals surface area contributed by atoms with Gasteiger partial charge in [0, 0.05) is 9.86 Å². The van der Waals surface area contributed by atoms with Gasteiger partial charge in [-0.15, -0.1) is 11.3 Å². The summed E-state index contributed by atoms with van der Waals surface area (Å²) in [5.41, 5.74) is 2.07. The van der Waals surface area contributed by atoms with Gasteiger partial charge in [-0.25, -0.2) is 4.79 Å². The van der Waals surface area contributed by atoms with E-state index in [1.807, 2.05) is 35.9 Å². The number of aromatic nitrogens is 2. The second-order valence-corrected chi connectivity index (χ2v) is 6.57. The third kappa shape index (κ3) is 2.61. The minimum absolute atomic E-state index is 0.359. The van der Waals surface area contributed by atoms with E-state index < -0.39 is 5.97 Å². The molecule has 0 saturated carbocycles. The van der Waals surface area contributed by atoms with E-state index in [4.69, 9.17) is 5.11 Å².